The van der Waals surface area contributed by atoms with Crippen LogP contribution >= 0.6 is 0 Å². The number of allylic oxidation sites excluding steroid dienone is 1. The highest BCUT2D eigenvalue weighted by Crippen LogP contribution is 2.24. The summed E-state index contributed by atoms with van der Waals surface area (Å²) in [6.45, 7) is 5.98. The van der Waals surface area contributed by atoms with Crippen molar-refractivity contribution in [3.05, 3.63) is 48.0 Å². The molecular weight excluding hydrogens is 198 g/mol. The lowest BCUT2D eigenvalue weighted by Gasteiger charge is -2.28. The standard InChI is InChI=1S/C14H21NO/c1-4-5-11-14(15(16)12(2)3)13-9-7-6-8-10-13/h4-10,12,14,16H,11H2,1-3H3/b5-4+. The molecule has 0 fully saturated rings. The van der Waals surface area contributed by atoms with Crippen LogP contribution in [0, 0.1) is 0 Å². The molecule has 0 saturated heterocycles. The molecule has 1 N–H and O–H groups in total. The third-order valence-corrected chi connectivity index (χ3v) is 2.63. The fourth-order valence-corrected chi connectivity index (χ4v) is 1.70. The van der Waals surface area contributed by atoms with E-state index >= 15 is 0 Å². The van der Waals surface area contributed by atoms with Crippen LogP contribution < -0.4 is 0 Å². The van der Waals surface area contributed by atoms with Crippen molar-refractivity contribution in [3.8, 4) is 0 Å². The zero-order chi connectivity index (χ0) is 12.0. The lowest BCUT2D eigenvalue weighted by atomic mass is 10.0. The second kappa shape index (κ2) is 6.46. The van der Waals surface area contributed by atoms with Crippen LogP contribution in [0.25, 0.3) is 0 Å². The number of hydroxylamine groups is 2. The molecule has 0 heterocycles. The average Bonchev–Trinajstić information content (AvgIpc) is 2.30. The summed E-state index contributed by atoms with van der Waals surface area (Å²) in [5.41, 5.74) is 1.15. The Morgan fingerprint density at radius 2 is 1.88 bits per heavy atom. The molecule has 1 aromatic carbocycles. The number of hydrogen-bond donors (Lipinski definition) is 1. The van der Waals surface area contributed by atoms with Crippen molar-refractivity contribution in [2.75, 3.05) is 0 Å². The molecule has 88 valence electrons. The quantitative estimate of drug-likeness (QED) is 0.601. The maximum absolute atomic E-state index is 10.1. The van der Waals surface area contributed by atoms with Crippen LogP contribution in [-0.2, 0) is 0 Å². The molecule has 0 spiro atoms. The van der Waals surface area contributed by atoms with Crippen molar-refractivity contribution in [3.63, 3.8) is 0 Å². The van der Waals surface area contributed by atoms with Crippen molar-refractivity contribution in [2.24, 2.45) is 0 Å². The van der Waals surface area contributed by atoms with E-state index in [2.05, 4.69) is 18.2 Å². The molecule has 1 atom stereocenters. The highest BCUT2D eigenvalue weighted by atomic mass is 16.5. The van der Waals surface area contributed by atoms with E-state index in [1.807, 2.05) is 45.0 Å². The summed E-state index contributed by atoms with van der Waals surface area (Å²) in [7, 11) is 0. The smallest absolute Gasteiger partial charge is 0.0636 e. The van der Waals surface area contributed by atoms with Gasteiger partial charge in [0.15, 0.2) is 0 Å². The highest BCUT2D eigenvalue weighted by Gasteiger charge is 2.19. The number of hydrogen-bond acceptors (Lipinski definition) is 2. The van der Waals surface area contributed by atoms with Crippen LogP contribution in [0.5, 0.6) is 0 Å². The average molecular weight is 219 g/mol. The van der Waals surface area contributed by atoms with E-state index in [4.69, 9.17) is 0 Å². The SMILES string of the molecule is C/C=C/CC(c1ccccc1)N(O)C(C)C. The minimum Gasteiger partial charge on any atom is -0.313 e. The molecule has 0 aliphatic carbocycles. The van der Waals surface area contributed by atoms with Gasteiger partial charge < -0.3 is 5.21 Å². The van der Waals surface area contributed by atoms with E-state index in [0.717, 1.165) is 12.0 Å². The fraction of sp³-hybridized carbons (Fsp3) is 0.429. The molecule has 0 amide bonds. The minimum atomic E-state index is 0.0393. The van der Waals surface area contributed by atoms with Crippen LogP contribution in [0.15, 0.2) is 42.5 Å². The second-order valence-corrected chi connectivity index (χ2v) is 4.20. The summed E-state index contributed by atoms with van der Waals surface area (Å²) in [5, 5.41) is 11.5. The van der Waals surface area contributed by atoms with Gasteiger partial charge >= 0.3 is 0 Å². The van der Waals surface area contributed by atoms with Gasteiger partial charge in [-0.25, -0.2) is 0 Å². The van der Waals surface area contributed by atoms with Crippen LogP contribution in [-0.4, -0.2) is 16.3 Å². The third kappa shape index (κ3) is 3.47. The van der Waals surface area contributed by atoms with Crippen LogP contribution in [0.2, 0.25) is 0 Å². The first-order valence-corrected chi connectivity index (χ1v) is 5.80. The van der Waals surface area contributed by atoms with Gasteiger partial charge in [0, 0.05) is 6.04 Å². The molecule has 0 bridgehead atoms. The Morgan fingerprint density at radius 3 is 2.38 bits per heavy atom. The summed E-state index contributed by atoms with van der Waals surface area (Å²) >= 11 is 0. The zero-order valence-electron chi connectivity index (χ0n) is 10.3. The van der Waals surface area contributed by atoms with Gasteiger partial charge in [0.05, 0.1) is 6.04 Å². The van der Waals surface area contributed by atoms with Gasteiger partial charge in [-0.2, -0.15) is 5.06 Å². The number of nitrogens with zero attached hydrogens (tertiary/aromatic N) is 1. The lowest BCUT2D eigenvalue weighted by Crippen LogP contribution is -2.31. The van der Waals surface area contributed by atoms with Crippen molar-refractivity contribution < 1.29 is 5.21 Å². The summed E-state index contributed by atoms with van der Waals surface area (Å²) in [5.74, 6) is 0. The molecule has 0 radical (unpaired) electrons. The molecule has 0 aliphatic heterocycles. The summed E-state index contributed by atoms with van der Waals surface area (Å²) < 4.78 is 0. The van der Waals surface area contributed by atoms with E-state index < -0.39 is 0 Å². The zero-order valence-corrected chi connectivity index (χ0v) is 10.3. The predicted octanol–water partition coefficient (Wildman–Crippen LogP) is 3.79. The Hall–Kier alpha value is -1.12. The van der Waals surface area contributed by atoms with Crippen molar-refractivity contribution in [1.82, 2.24) is 5.06 Å². The summed E-state index contributed by atoms with van der Waals surface area (Å²) in [6, 6.07) is 10.3. The van der Waals surface area contributed by atoms with Crippen molar-refractivity contribution in [2.45, 2.75) is 39.3 Å². The first-order chi connectivity index (χ1) is 7.66. The highest BCUT2D eigenvalue weighted by molar-refractivity contribution is 5.19. The van der Waals surface area contributed by atoms with E-state index in [1.165, 1.54) is 5.06 Å². The van der Waals surface area contributed by atoms with Gasteiger partial charge in [-0.05, 0) is 32.8 Å². The Morgan fingerprint density at radius 1 is 1.25 bits per heavy atom. The number of benzene rings is 1. The molecule has 2 nitrogen and oxygen atoms in total. The topological polar surface area (TPSA) is 23.5 Å². The van der Waals surface area contributed by atoms with Gasteiger partial charge in [-0.3, -0.25) is 0 Å². The Kier molecular flexibility index (Phi) is 5.23. The maximum Gasteiger partial charge on any atom is 0.0636 e. The number of rotatable bonds is 5. The van der Waals surface area contributed by atoms with Gasteiger partial charge in [0.25, 0.3) is 0 Å². The van der Waals surface area contributed by atoms with Crippen molar-refractivity contribution in [1.29, 1.82) is 0 Å². The lowest BCUT2D eigenvalue weighted by molar-refractivity contribution is -0.152. The van der Waals surface area contributed by atoms with Crippen LogP contribution in [0.4, 0.5) is 0 Å². The predicted molar refractivity (Wildman–Crippen MR) is 67.4 cm³/mol. The first-order valence-electron chi connectivity index (χ1n) is 5.80. The molecule has 0 saturated carbocycles. The van der Waals surface area contributed by atoms with E-state index in [-0.39, 0.29) is 12.1 Å². The van der Waals surface area contributed by atoms with E-state index in [1.54, 1.807) is 0 Å². The van der Waals surface area contributed by atoms with Crippen LogP contribution in [0.1, 0.15) is 38.8 Å². The van der Waals surface area contributed by atoms with Gasteiger partial charge in [0.1, 0.15) is 0 Å². The van der Waals surface area contributed by atoms with Crippen molar-refractivity contribution >= 4 is 0 Å². The van der Waals surface area contributed by atoms with E-state index in [0.29, 0.717) is 0 Å². The molecular formula is C14H21NO. The van der Waals surface area contributed by atoms with Gasteiger partial charge in [-0.1, -0.05) is 42.5 Å². The molecule has 1 rings (SSSR count). The molecule has 16 heavy (non-hydrogen) atoms. The van der Waals surface area contributed by atoms with Gasteiger partial charge in [-0.15, -0.1) is 0 Å². The minimum absolute atomic E-state index is 0.0393. The Labute approximate surface area is 98.2 Å². The summed E-state index contributed by atoms with van der Waals surface area (Å²) in [6.07, 6.45) is 4.93. The monoisotopic (exact) mass is 219 g/mol. The molecule has 0 aromatic heterocycles. The molecule has 1 aromatic rings. The molecule has 0 aliphatic rings. The Balaban J connectivity index is 2.87. The largest absolute Gasteiger partial charge is 0.313 e. The van der Waals surface area contributed by atoms with Gasteiger partial charge in [0.2, 0.25) is 0 Å². The normalized spacial score (nSPS) is 13.9. The molecule has 2 heteroatoms. The second-order valence-electron chi connectivity index (χ2n) is 4.20. The molecule has 1 unspecified atom stereocenters. The first kappa shape index (κ1) is 12.9. The van der Waals surface area contributed by atoms with Crippen LogP contribution in [0.3, 0.4) is 0 Å². The summed E-state index contributed by atoms with van der Waals surface area (Å²) in [4.78, 5) is 0. The fourth-order valence-electron chi connectivity index (χ4n) is 1.70. The third-order valence-electron chi connectivity index (χ3n) is 2.63. The van der Waals surface area contributed by atoms with E-state index in [9.17, 15) is 5.21 Å². The maximum atomic E-state index is 10.1. The Bertz CT molecular complexity index is 319.